The quantitative estimate of drug-likeness (QED) is 0.753. The summed E-state index contributed by atoms with van der Waals surface area (Å²) in [5.74, 6) is 0.434. The highest BCUT2D eigenvalue weighted by molar-refractivity contribution is 5.87. The maximum atomic E-state index is 11.2. The van der Waals surface area contributed by atoms with Crippen molar-refractivity contribution in [1.82, 2.24) is 10.2 Å². The van der Waals surface area contributed by atoms with Crippen molar-refractivity contribution in [2.45, 2.75) is 20.8 Å². The van der Waals surface area contributed by atoms with Crippen molar-refractivity contribution < 1.29 is 14.3 Å². The topological polar surface area (TPSA) is 64.2 Å². The SMILES string of the molecule is CCOC(=O)c1cc(OCC(C)C)n[nH]1. The highest BCUT2D eigenvalue weighted by Gasteiger charge is 2.11. The Hall–Kier alpha value is -1.52. The maximum Gasteiger partial charge on any atom is 0.356 e. The highest BCUT2D eigenvalue weighted by atomic mass is 16.5. The lowest BCUT2D eigenvalue weighted by Crippen LogP contribution is -2.05. The summed E-state index contributed by atoms with van der Waals surface area (Å²) in [6.07, 6.45) is 0. The fourth-order valence-electron chi connectivity index (χ4n) is 0.943. The summed E-state index contributed by atoms with van der Waals surface area (Å²) >= 11 is 0. The maximum absolute atomic E-state index is 11.2. The molecule has 0 unspecified atom stereocenters. The molecule has 0 atom stereocenters. The molecule has 84 valence electrons. The van der Waals surface area contributed by atoms with Crippen molar-refractivity contribution in [3.05, 3.63) is 11.8 Å². The van der Waals surface area contributed by atoms with Gasteiger partial charge in [-0.3, -0.25) is 5.10 Å². The Kier molecular flexibility index (Phi) is 4.15. The van der Waals surface area contributed by atoms with E-state index in [9.17, 15) is 4.79 Å². The number of rotatable bonds is 5. The number of aromatic amines is 1. The molecular formula is C10H16N2O3. The van der Waals surface area contributed by atoms with Gasteiger partial charge >= 0.3 is 5.97 Å². The second-order valence-electron chi connectivity index (χ2n) is 3.55. The third-order valence-electron chi connectivity index (χ3n) is 1.61. The lowest BCUT2D eigenvalue weighted by molar-refractivity contribution is 0.0519. The number of nitrogens with zero attached hydrogens (tertiary/aromatic N) is 1. The van der Waals surface area contributed by atoms with Crippen LogP contribution in [0.15, 0.2) is 6.07 Å². The molecule has 0 aromatic carbocycles. The minimum absolute atomic E-state index is 0.315. The Bertz CT molecular complexity index is 320. The van der Waals surface area contributed by atoms with E-state index >= 15 is 0 Å². The number of esters is 1. The average Bonchev–Trinajstić information content (AvgIpc) is 2.63. The summed E-state index contributed by atoms with van der Waals surface area (Å²) in [5.41, 5.74) is 0.315. The van der Waals surface area contributed by atoms with E-state index in [4.69, 9.17) is 9.47 Å². The first-order chi connectivity index (χ1) is 7.13. The van der Waals surface area contributed by atoms with Crippen LogP contribution >= 0.6 is 0 Å². The molecule has 5 heteroatoms. The molecule has 1 aromatic rings. The predicted octanol–water partition coefficient (Wildman–Crippen LogP) is 1.62. The van der Waals surface area contributed by atoms with Crippen LogP contribution in [-0.2, 0) is 4.74 Å². The van der Waals surface area contributed by atoms with Crippen LogP contribution in [0.2, 0.25) is 0 Å². The monoisotopic (exact) mass is 212 g/mol. The van der Waals surface area contributed by atoms with Crippen molar-refractivity contribution in [2.75, 3.05) is 13.2 Å². The highest BCUT2D eigenvalue weighted by Crippen LogP contribution is 2.10. The molecule has 5 nitrogen and oxygen atoms in total. The molecule has 0 saturated carbocycles. The van der Waals surface area contributed by atoms with Gasteiger partial charge in [-0.25, -0.2) is 4.79 Å². The van der Waals surface area contributed by atoms with Gasteiger partial charge < -0.3 is 9.47 Å². The molecule has 0 spiro atoms. The predicted molar refractivity (Wildman–Crippen MR) is 54.9 cm³/mol. The standard InChI is InChI=1S/C10H16N2O3/c1-4-14-10(13)8-5-9(12-11-8)15-6-7(2)3/h5,7H,4,6H2,1-3H3,(H,11,12). The lowest BCUT2D eigenvalue weighted by atomic mass is 10.2. The zero-order valence-corrected chi connectivity index (χ0v) is 9.24. The fourth-order valence-corrected chi connectivity index (χ4v) is 0.943. The van der Waals surface area contributed by atoms with Gasteiger partial charge in [0.05, 0.1) is 13.2 Å². The summed E-state index contributed by atoms with van der Waals surface area (Å²) in [6, 6.07) is 1.54. The number of nitrogens with one attached hydrogen (secondary N) is 1. The molecule has 1 heterocycles. The first-order valence-electron chi connectivity index (χ1n) is 4.98. The number of hydrogen-bond donors (Lipinski definition) is 1. The van der Waals surface area contributed by atoms with Gasteiger partial charge in [-0.05, 0) is 12.8 Å². The summed E-state index contributed by atoms with van der Waals surface area (Å²) in [4.78, 5) is 11.2. The molecule has 15 heavy (non-hydrogen) atoms. The molecule has 0 aliphatic carbocycles. The molecule has 0 bridgehead atoms. The zero-order chi connectivity index (χ0) is 11.3. The van der Waals surface area contributed by atoms with Crippen LogP contribution in [0.1, 0.15) is 31.3 Å². The normalized spacial score (nSPS) is 10.4. The lowest BCUT2D eigenvalue weighted by Gasteiger charge is -2.03. The zero-order valence-electron chi connectivity index (χ0n) is 9.24. The molecule has 0 aliphatic heterocycles. The van der Waals surface area contributed by atoms with Crippen molar-refractivity contribution >= 4 is 5.97 Å². The van der Waals surface area contributed by atoms with E-state index in [1.54, 1.807) is 13.0 Å². The molecule has 0 fully saturated rings. The van der Waals surface area contributed by atoms with Crippen molar-refractivity contribution in [1.29, 1.82) is 0 Å². The van der Waals surface area contributed by atoms with E-state index in [0.717, 1.165) is 0 Å². The minimum Gasteiger partial charge on any atom is -0.476 e. The van der Waals surface area contributed by atoms with Crippen LogP contribution in [0.3, 0.4) is 0 Å². The number of carbonyl (C=O) groups is 1. The summed E-state index contributed by atoms with van der Waals surface area (Å²) in [7, 11) is 0. The minimum atomic E-state index is -0.413. The Morgan fingerprint density at radius 2 is 2.33 bits per heavy atom. The Labute approximate surface area is 88.8 Å². The molecule has 0 amide bonds. The van der Waals surface area contributed by atoms with E-state index in [1.807, 2.05) is 13.8 Å². The first-order valence-corrected chi connectivity index (χ1v) is 4.98. The summed E-state index contributed by atoms with van der Waals surface area (Å²) in [5, 5.41) is 6.41. The van der Waals surface area contributed by atoms with Gasteiger partial charge in [-0.15, -0.1) is 5.10 Å². The second-order valence-corrected chi connectivity index (χ2v) is 3.55. The number of aromatic nitrogens is 2. The number of H-pyrrole nitrogens is 1. The average molecular weight is 212 g/mol. The van der Waals surface area contributed by atoms with Crippen molar-refractivity contribution in [3.63, 3.8) is 0 Å². The van der Waals surface area contributed by atoms with Crippen LogP contribution in [-0.4, -0.2) is 29.4 Å². The molecule has 0 aliphatic rings. The third-order valence-corrected chi connectivity index (χ3v) is 1.61. The Balaban J connectivity index is 2.52. The van der Waals surface area contributed by atoms with Crippen LogP contribution in [0, 0.1) is 5.92 Å². The molecule has 1 aromatic heterocycles. The van der Waals surface area contributed by atoms with Gasteiger partial charge in [-0.2, -0.15) is 0 Å². The van der Waals surface area contributed by atoms with Crippen molar-refractivity contribution in [2.24, 2.45) is 5.92 Å². The summed E-state index contributed by atoms with van der Waals surface area (Å²) < 4.78 is 10.1. The second kappa shape index (κ2) is 5.38. The number of ether oxygens (including phenoxy) is 2. The van der Waals surface area contributed by atoms with Gasteiger partial charge in [0.1, 0.15) is 5.69 Å². The smallest absolute Gasteiger partial charge is 0.356 e. The Morgan fingerprint density at radius 1 is 1.60 bits per heavy atom. The van der Waals surface area contributed by atoms with Crippen LogP contribution in [0.5, 0.6) is 5.88 Å². The molecular weight excluding hydrogens is 196 g/mol. The van der Waals surface area contributed by atoms with Gasteiger partial charge in [0.2, 0.25) is 5.88 Å². The van der Waals surface area contributed by atoms with E-state index in [1.165, 1.54) is 0 Å². The molecule has 0 radical (unpaired) electrons. The van der Waals surface area contributed by atoms with Crippen LogP contribution in [0.25, 0.3) is 0 Å². The van der Waals surface area contributed by atoms with Gasteiger partial charge in [0.25, 0.3) is 0 Å². The van der Waals surface area contributed by atoms with Gasteiger partial charge in [0.15, 0.2) is 0 Å². The van der Waals surface area contributed by atoms with Crippen LogP contribution in [0.4, 0.5) is 0 Å². The third kappa shape index (κ3) is 3.61. The van der Waals surface area contributed by atoms with Crippen LogP contribution < -0.4 is 4.74 Å². The van der Waals surface area contributed by atoms with Gasteiger partial charge in [-0.1, -0.05) is 13.8 Å². The molecule has 1 rings (SSSR count). The number of carbonyl (C=O) groups excluding carboxylic acids is 1. The van der Waals surface area contributed by atoms with E-state index in [0.29, 0.717) is 30.7 Å². The largest absolute Gasteiger partial charge is 0.476 e. The first kappa shape index (κ1) is 11.6. The summed E-state index contributed by atoms with van der Waals surface area (Å²) in [6.45, 7) is 6.76. The van der Waals surface area contributed by atoms with E-state index < -0.39 is 5.97 Å². The fraction of sp³-hybridized carbons (Fsp3) is 0.600. The number of hydrogen-bond acceptors (Lipinski definition) is 4. The van der Waals surface area contributed by atoms with E-state index in [-0.39, 0.29) is 0 Å². The molecule has 0 saturated heterocycles. The Morgan fingerprint density at radius 3 is 2.93 bits per heavy atom. The molecule has 1 N–H and O–H groups in total. The van der Waals surface area contributed by atoms with E-state index in [2.05, 4.69) is 10.2 Å². The van der Waals surface area contributed by atoms with Gasteiger partial charge in [0, 0.05) is 6.07 Å². The van der Waals surface area contributed by atoms with Crippen molar-refractivity contribution in [3.8, 4) is 5.88 Å².